The molecule has 1 aliphatic rings. The van der Waals surface area contributed by atoms with Crippen molar-refractivity contribution in [3.8, 4) is 11.1 Å². The normalized spacial score (nSPS) is 16.1. The number of aryl methyl sites for hydroxylation is 1. The minimum Gasteiger partial charge on any atom is -0.207 e. The quantitative estimate of drug-likeness (QED) is 0.439. The van der Waals surface area contributed by atoms with Crippen LogP contribution in [-0.2, 0) is 19.3 Å². The molecule has 4 rings (SSSR count). The zero-order chi connectivity index (χ0) is 19.8. The van der Waals surface area contributed by atoms with Gasteiger partial charge in [-0.25, -0.2) is 17.6 Å². The van der Waals surface area contributed by atoms with E-state index in [-0.39, 0.29) is 23.1 Å². The summed E-state index contributed by atoms with van der Waals surface area (Å²) in [5.41, 5.74) is 3.12. The van der Waals surface area contributed by atoms with Crippen molar-refractivity contribution in [2.24, 2.45) is 0 Å². The van der Waals surface area contributed by atoms with Crippen molar-refractivity contribution in [1.82, 2.24) is 0 Å². The van der Waals surface area contributed by atoms with Crippen LogP contribution in [0.5, 0.6) is 0 Å². The summed E-state index contributed by atoms with van der Waals surface area (Å²) in [6, 6.07) is 12.0. The highest BCUT2D eigenvalue weighted by Crippen LogP contribution is 2.38. The minimum atomic E-state index is -0.520. The molecule has 0 nitrogen and oxygen atoms in total. The van der Waals surface area contributed by atoms with E-state index in [1.165, 1.54) is 24.3 Å². The summed E-state index contributed by atoms with van der Waals surface area (Å²) in [5, 5.41) is 0. The molecule has 0 N–H and O–H groups in total. The van der Waals surface area contributed by atoms with Gasteiger partial charge in [-0.2, -0.15) is 0 Å². The topological polar surface area (TPSA) is 0 Å². The molecule has 0 aromatic heterocycles. The van der Waals surface area contributed by atoms with Crippen molar-refractivity contribution in [3.63, 3.8) is 0 Å². The molecule has 1 aliphatic carbocycles. The molecule has 4 heteroatoms. The Bertz CT molecular complexity index is 999. The van der Waals surface area contributed by atoms with E-state index in [1.54, 1.807) is 18.2 Å². The lowest BCUT2D eigenvalue weighted by molar-refractivity contribution is 0.481. The Morgan fingerprint density at radius 3 is 2.21 bits per heavy atom. The van der Waals surface area contributed by atoms with Gasteiger partial charge in [-0.05, 0) is 78.1 Å². The first-order valence-electron chi connectivity index (χ1n) is 9.52. The van der Waals surface area contributed by atoms with Gasteiger partial charge in [0, 0.05) is 11.1 Å². The lowest BCUT2D eigenvalue weighted by Crippen LogP contribution is -2.17. The summed E-state index contributed by atoms with van der Waals surface area (Å²) in [7, 11) is 0. The number of halogens is 4. The van der Waals surface area contributed by atoms with Crippen LogP contribution in [-0.4, -0.2) is 0 Å². The average Bonchev–Trinajstić information content (AvgIpc) is 2.68. The predicted octanol–water partition coefficient (Wildman–Crippen LogP) is 6.74. The van der Waals surface area contributed by atoms with E-state index in [1.807, 2.05) is 13.0 Å². The second-order valence-electron chi connectivity index (χ2n) is 7.34. The highest BCUT2D eigenvalue weighted by atomic mass is 19.1. The predicted molar refractivity (Wildman–Crippen MR) is 102 cm³/mol. The number of hydrogen-bond acceptors (Lipinski definition) is 0. The first-order valence-corrected chi connectivity index (χ1v) is 9.52. The Morgan fingerprint density at radius 1 is 0.893 bits per heavy atom. The lowest BCUT2D eigenvalue weighted by atomic mass is 9.78. The lowest BCUT2D eigenvalue weighted by Gasteiger charge is -2.27. The van der Waals surface area contributed by atoms with Gasteiger partial charge in [-0.3, -0.25) is 0 Å². The molecule has 0 amide bonds. The van der Waals surface area contributed by atoms with Crippen LogP contribution in [0.4, 0.5) is 17.6 Å². The highest BCUT2D eigenvalue weighted by Gasteiger charge is 2.28. The Hall–Kier alpha value is -2.62. The van der Waals surface area contributed by atoms with Crippen molar-refractivity contribution in [3.05, 3.63) is 94.1 Å². The molecule has 1 unspecified atom stereocenters. The smallest absolute Gasteiger partial charge is 0.134 e. The SMILES string of the molecule is CCc1cc(F)c(C2CCc3c(ccc(-c4ccc(F)cc4)c3F)C2)c(F)c1. The molecule has 0 radical (unpaired) electrons. The van der Waals surface area contributed by atoms with E-state index in [0.717, 1.165) is 5.56 Å². The second-order valence-corrected chi connectivity index (χ2v) is 7.34. The average molecular weight is 384 g/mol. The molecule has 3 aromatic carbocycles. The Labute approximate surface area is 161 Å². The van der Waals surface area contributed by atoms with Crippen LogP contribution in [0.15, 0.2) is 48.5 Å². The fourth-order valence-corrected chi connectivity index (χ4v) is 4.14. The fourth-order valence-electron chi connectivity index (χ4n) is 4.14. The highest BCUT2D eigenvalue weighted by molar-refractivity contribution is 5.66. The van der Waals surface area contributed by atoms with E-state index >= 15 is 4.39 Å². The molecule has 144 valence electrons. The second kappa shape index (κ2) is 7.42. The molecule has 0 bridgehead atoms. The molecule has 1 atom stereocenters. The van der Waals surface area contributed by atoms with Crippen LogP contribution in [0.2, 0.25) is 0 Å². The van der Waals surface area contributed by atoms with Crippen molar-refractivity contribution < 1.29 is 17.6 Å². The summed E-state index contributed by atoms with van der Waals surface area (Å²) in [6.07, 6.45) is 1.86. The molecule has 0 heterocycles. The van der Waals surface area contributed by atoms with Crippen LogP contribution >= 0.6 is 0 Å². The third-order valence-corrected chi connectivity index (χ3v) is 5.66. The summed E-state index contributed by atoms with van der Waals surface area (Å²) in [4.78, 5) is 0. The zero-order valence-electron chi connectivity index (χ0n) is 15.5. The van der Waals surface area contributed by atoms with Crippen molar-refractivity contribution in [1.29, 1.82) is 0 Å². The maximum atomic E-state index is 15.1. The monoisotopic (exact) mass is 384 g/mol. The van der Waals surface area contributed by atoms with Gasteiger partial charge in [0.15, 0.2) is 0 Å². The van der Waals surface area contributed by atoms with E-state index < -0.39 is 11.6 Å². The van der Waals surface area contributed by atoms with E-state index in [2.05, 4.69) is 0 Å². The maximum Gasteiger partial charge on any atom is 0.134 e. The third kappa shape index (κ3) is 3.32. The van der Waals surface area contributed by atoms with Gasteiger partial charge in [0.1, 0.15) is 23.3 Å². The van der Waals surface area contributed by atoms with Gasteiger partial charge >= 0.3 is 0 Å². The van der Waals surface area contributed by atoms with Gasteiger partial charge in [-0.1, -0.05) is 31.2 Å². The molecule has 0 fully saturated rings. The van der Waals surface area contributed by atoms with Crippen LogP contribution in [0.1, 0.15) is 41.5 Å². The summed E-state index contributed by atoms with van der Waals surface area (Å²) >= 11 is 0. The molecular weight excluding hydrogens is 364 g/mol. The van der Waals surface area contributed by atoms with Crippen LogP contribution in [0.3, 0.4) is 0 Å². The Kier molecular flexibility index (Phi) is 4.96. The largest absolute Gasteiger partial charge is 0.207 e. The Balaban J connectivity index is 1.67. The number of rotatable bonds is 3. The van der Waals surface area contributed by atoms with Gasteiger partial charge in [0.25, 0.3) is 0 Å². The zero-order valence-corrected chi connectivity index (χ0v) is 15.5. The number of fused-ring (bicyclic) bond motifs is 1. The fraction of sp³-hybridized carbons (Fsp3) is 0.250. The molecule has 0 spiro atoms. The third-order valence-electron chi connectivity index (χ3n) is 5.66. The van der Waals surface area contributed by atoms with Crippen LogP contribution in [0.25, 0.3) is 11.1 Å². The first kappa shape index (κ1) is 18.7. The first-order chi connectivity index (χ1) is 13.5. The van der Waals surface area contributed by atoms with Gasteiger partial charge in [-0.15, -0.1) is 0 Å². The number of hydrogen-bond donors (Lipinski definition) is 0. The maximum absolute atomic E-state index is 15.1. The molecule has 0 saturated carbocycles. The Morgan fingerprint density at radius 2 is 1.57 bits per heavy atom. The molecular formula is C24H20F4. The van der Waals surface area contributed by atoms with Crippen molar-refractivity contribution in [2.45, 2.75) is 38.5 Å². The van der Waals surface area contributed by atoms with Gasteiger partial charge in [0.2, 0.25) is 0 Å². The van der Waals surface area contributed by atoms with Gasteiger partial charge < -0.3 is 0 Å². The van der Waals surface area contributed by atoms with E-state index in [0.29, 0.717) is 47.9 Å². The summed E-state index contributed by atoms with van der Waals surface area (Å²) in [6.45, 7) is 1.85. The molecule has 28 heavy (non-hydrogen) atoms. The van der Waals surface area contributed by atoms with E-state index in [9.17, 15) is 13.2 Å². The standard InChI is InChI=1S/C24H20F4/c1-2-14-11-21(26)23(22(27)12-14)17-6-10-20-16(13-17)5-9-19(24(20)28)15-3-7-18(25)8-4-15/h3-5,7-9,11-12,17H,2,6,10,13H2,1H3. The summed E-state index contributed by atoms with van der Waals surface area (Å²) in [5.74, 6) is -2.05. The molecule has 0 saturated heterocycles. The molecule has 0 aliphatic heterocycles. The minimum absolute atomic E-state index is 0.103. The molecule has 3 aromatic rings. The van der Waals surface area contributed by atoms with Gasteiger partial charge in [0.05, 0.1) is 0 Å². The van der Waals surface area contributed by atoms with Crippen molar-refractivity contribution in [2.75, 3.05) is 0 Å². The van der Waals surface area contributed by atoms with Crippen molar-refractivity contribution >= 4 is 0 Å². The van der Waals surface area contributed by atoms with Crippen LogP contribution < -0.4 is 0 Å². The summed E-state index contributed by atoms with van der Waals surface area (Å²) < 4.78 is 57.2. The number of benzene rings is 3. The van der Waals surface area contributed by atoms with E-state index in [4.69, 9.17) is 0 Å². The van der Waals surface area contributed by atoms with Crippen LogP contribution in [0, 0.1) is 23.3 Å².